The summed E-state index contributed by atoms with van der Waals surface area (Å²) < 4.78 is 1.47. The number of amides is 1. The summed E-state index contributed by atoms with van der Waals surface area (Å²) in [7, 11) is 0. The maximum absolute atomic E-state index is 12.6. The Labute approximate surface area is 147 Å². The molecule has 4 aromatic rings. The van der Waals surface area contributed by atoms with E-state index in [1.807, 2.05) is 41.8 Å². The molecule has 0 unspecified atom stereocenters. The van der Waals surface area contributed by atoms with Crippen LogP contribution in [-0.2, 0) is 17.9 Å². The summed E-state index contributed by atoms with van der Waals surface area (Å²) in [6.07, 6.45) is 1.75. The van der Waals surface area contributed by atoms with Crippen LogP contribution in [0.15, 0.2) is 52.9 Å². The molecule has 0 aliphatic rings. The second-order valence-corrected chi connectivity index (χ2v) is 6.78. The van der Waals surface area contributed by atoms with Crippen molar-refractivity contribution in [3.8, 4) is 0 Å². The van der Waals surface area contributed by atoms with E-state index < -0.39 is 0 Å². The van der Waals surface area contributed by atoms with E-state index >= 15 is 0 Å². The summed E-state index contributed by atoms with van der Waals surface area (Å²) in [5, 5.41) is 5.76. The van der Waals surface area contributed by atoms with Gasteiger partial charge in [0.1, 0.15) is 11.0 Å². The topological polar surface area (TPSA) is 79.8 Å². The number of aromatic nitrogens is 3. The van der Waals surface area contributed by atoms with Crippen molar-refractivity contribution in [2.24, 2.45) is 0 Å². The number of benzene rings is 1. The Morgan fingerprint density at radius 1 is 1.24 bits per heavy atom. The molecular weight excluding hydrogens is 336 g/mol. The standard InChI is InChI=1S/C18H16N4O2S/c23-15(19-10-12-4-3-9-25-12)7-8-22-11-20-16-13-5-1-2-6-14(13)21-17(16)18(22)24/h1-6,9,11,21H,7-8,10H2,(H,19,23). The molecule has 3 heterocycles. The van der Waals surface area contributed by atoms with Crippen molar-refractivity contribution < 1.29 is 4.79 Å². The molecule has 0 spiro atoms. The number of hydrogen-bond donors (Lipinski definition) is 2. The van der Waals surface area contributed by atoms with Crippen molar-refractivity contribution in [1.29, 1.82) is 0 Å². The van der Waals surface area contributed by atoms with Crippen LogP contribution >= 0.6 is 11.3 Å². The SMILES string of the molecule is O=C(CCn1cnc2c([nH]c3ccccc32)c1=O)NCc1cccs1. The lowest BCUT2D eigenvalue weighted by atomic mass is 10.2. The predicted octanol–water partition coefficient (Wildman–Crippen LogP) is 2.65. The molecule has 0 bridgehead atoms. The number of fused-ring (bicyclic) bond motifs is 3. The number of para-hydroxylation sites is 1. The lowest BCUT2D eigenvalue weighted by Gasteiger charge is -2.06. The summed E-state index contributed by atoms with van der Waals surface area (Å²) in [5.41, 5.74) is 1.86. The van der Waals surface area contributed by atoms with Gasteiger partial charge in [0.25, 0.3) is 5.56 Å². The lowest BCUT2D eigenvalue weighted by molar-refractivity contribution is -0.121. The molecule has 1 amide bonds. The molecule has 0 saturated heterocycles. The van der Waals surface area contributed by atoms with Gasteiger partial charge in [0.15, 0.2) is 0 Å². The zero-order valence-electron chi connectivity index (χ0n) is 13.4. The molecule has 0 aliphatic carbocycles. The fraction of sp³-hybridized carbons (Fsp3) is 0.167. The number of carbonyl (C=O) groups is 1. The van der Waals surface area contributed by atoms with Crippen molar-refractivity contribution in [3.05, 3.63) is 63.3 Å². The number of hydrogen-bond acceptors (Lipinski definition) is 4. The van der Waals surface area contributed by atoms with Crippen LogP contribution in [0.4, 0.5) is 0 Å². The van der Waals surface area contributed by atoms with Crippen molar-refractivity contribution in [2.75, 3.05) is 0 Å². The number of carbonyl (C=O) groups excluding carboxylic acids is 1. The third-order valence-corrected chi connectivity index (χ3v) is 4.98. The Hall–Kier alpha value is -2.93. The summed E-state index contributed by atoms with van der Waals surface area (Å²) in [4.78, 5) is 33.2. The van der Waals surface area contributed by atoms with Gasteiger partial charge in [0, 0.05) is 28.7 Å². The number of nitrogens with one attached hydrogen (secondary N) is 2. The van der Waals surface area contributed by atoms with E-state index in [-0.39, 0.29) is 17.9 Å². The van der Waals surface area contributed by atoms with Gasteiger partial charge in [-0.15, -0.1) is 11.3 Å². The van der Waals surface area contributed by atoms with Crippen LogP contribution in [0, 0.1) is 0 Å². The fourth-order valence-corrected chi connectivity index (χ4v) is 3.45. The van der Waals surface area contributed by atoms with Crippen LogP contribution in [0.2, 0.25) is 0 Å². The van der Waals surface area contributed by atoms with E-state index in [1.54, 1.807) is 11.3 Å². The Bertz CT molecular complexity index is 1100. The van der Waals surface area contributed by atoms with Gasteiger partial charge in [0.2, 0.25) is 5.91 Å². The molecule has 0 saturated carbocycles. The number of aromatic amines is 1. The quantitative estimate of drug-likeness (QED) is 0.579. The highest BCUT2D eigenvalue weighted by Crippen LogP contribution is 2.20. The highest BCUT2D eigenvalue weighted by molar-refractivity contribution is 7.09. The Balaban J connectivity index is 1.50. The number of aryl methyl sites for hydroxylation is 1. The van der Waals surface area contributed by atoms with Gasteiger partial charge in [-0.1, -0.05) is 24.3 Å². The van der Waals surface area contributed by atoms with Crippen LogP contribution in [-0.4, -0.2) is 20.4 Å². The van der Waals surface area contributed by atoms with Gasteiger partial charge in [-0.05, 0) is 17.5 Å². The van der Waals surface area contributed by atoms with Gasteiger partial charge >= 0.3 is 0 Å². The van der Waals surface area contributed by atoms with Gasteiger partial charge in [-0.3, -0.25) is 14.2 Å². The first-order chi connectivity index (χ1) is 12.2. The molecule has 0 atom stereocenters. The molecular formula is C18H16N4O2S. The average molecular weight is 352 g/mol. The first-order valence-corrected chi connectivity index (χ1v) is 8.85. The highest BCUT2D eigenvalue weighted by Gasteiger charge is 2.11. The molecule has 0 aliphatic heterocycles. The second kappa shape index (κ2) is 6.52. The van der Waals surface area contributed by atoms with Gasteiger partial charge < -0.3 is 10.3 Å². The predicted molar refractivity (Wildman–Crippen MR) is 98.6 cm³/mol. The second-order valence-electron chi connectivity index (χ2n) is 5.74. The minimum Gasteiger partial charge on any atom is -0.351 e. The number of thiophene rings is 1. The summed E-state index contributed by atoms with van der Waals surface area (Å²) >= 11 is 1.60. The van der Waals surface area contributed by atoms with E-state index in [2.05, 4.69) is 15.3 Å². The molecule has 1 aromatic carbocycles. The molecule has 0 radical (unpaired) electrons. The van der Waals surface area contributed by atoms with Crippen LogP contribution in [0.1, 0.15) is 11.3 Å². The van der Waals surface area contributed by atoms with Crippen molar-refractivity contribution in [1.82, 2.24) is 19.9 Å². The molecule has 126 valence electrons. The molecule has 4 rings (SSSR count). The normalized spacial score (nSPS) is 11.2. The van der Waals surface area contributed by atoms with Crippen LogP contribution in [0.3, 0.4) is 0 Å². The molecule has 2 N–H and O–H groups in total. The number of nitrogens with zero attached hydrogens (tertiary/aromatic N) is 2. The maximum Gasteiger partial charge on any atom is 0.277 e. The first kappa shape index (κ1) is 15.6. The molecule has 3 aromatic heterocycles. The Morgan fingerprint density at radius 3 is 2.96 bits per heavy atom. The molecule has 25 heavy (non-hydrogen) atoms. The van der Waals surface area contributed by atoms with Crippen LogP contribution in [0.25, 0.3) is 21.9 Å². The maximum atomic E-state index is 12.6. The molecule has 7 heteroatoms. The zero-order chi connectivity index (χ0) is 17.2. The summed E-state index contributed by atoms with van der Waals surface area (Å²) in [6, 6.07) is 11.6. The van der Waals surface area contributed by atoms with E-state index in [0.717, 1.165) is 15.8 Å². The Morgan fingerprint density at radius 2 is 2.12 bits per heavy atom. The van der Waals surface area contributed by atoms with Gasteiger partial charge in [0.05, 0.1) is 12.9 Å². The van der Waals surface area contributed by atoms with Gasteiger partial charge in [-0.2, -0.15) is 0 Å². The molecule has 6 nitrogen and oxygen atoms in total. The van der Waals surface area contributed by atoms with E-state index in [1.165, 1.54) is 10.9 Å². The lowest BCUT2D eigenvalue weighted by Crippen LogP contribution is -2.27. The zero-order valence-corrected chi connectivity index (χ0v) is 14.2. The fourth-order valence-electron chi connectivity index (χ4n) is 2.81. The average Bonchev–Trinajstić information content (AvgIpc) is 3.27. The smallest absolute Gasteiger partial charge is 0.277 e. The number of rotatable bonds is 5. The highest BCUT2D eigenvalue weighted by atomic mass is 32.1. The van der Waals surface area contributed by atoms with E-state index in [4.69, 9.17) is 0 Å². The minimum absolute atomic E-state index is 0.0861. The first-order valence-electron chi connectivity index (χ1n) is 7.97. The third kappa shape index (κ3) is 3.06. The van der Waals surface area contributed by atoms with Crippen molar-refractivity contribution in [3.63, 3.8) is 0 Å². The van der Waals surface area contributed by atoms with E-state index in [0.29, 0.717) is 24.1 Å². The van der Waals surface area contributed by atoms with Crippen molar-refractivity contribution in [2.45, 2.75) is 19.5 Å². The summed E-state index contributed by atoms with van der Waals surface area (Å²) in [5.74, 6) is -0.0861. The van der Waals surface area contributed by atoms with Gasteiger partial charge in [-0.25, -0.2) is 4.98 Å². The number of H-pyrrole nitrogens is 1. The monoisotopic (exact) mass is 352 g/mol. The van der Waals surface area contributed by atoms with Crippen LogP contribution < -0.4 is 10.9 Å². The van der Waals surface area contributed by atoms with Crippen LogP contribution in [0.5, 0.6) is 0 Å². The largest absolute Gasteiger partial charge is 0.351 e. The summed E-state index contributed by atoms with van der Waals surface area (Å²) in [6.45, 7) is 0.818. The minimum atomic E-state index is -0.160. The molecule has 0 fully saturated rings. The van der Waals surface area contributed by atoms with Crippen molar-refractivity contribution >= 4 is 39.2 Å². The third-order valence-electron chi connectivity index (χ3n) is 4.10. The van der Waals surface area contributed by atoms with E-state index in [9.17, 15) is 9.59 Å². The Kier molecular flexibility index (Phi) is 4.07.